The lowest BCUT2D eigenvalue weighted by Gasteiger charge is -2.26. The van der Waals surface area contributed by atoms with Crippen molar-refractivity contribution in [2.45, 2.75) is 39.7 Å². The molecule has 5 N–H and O–H groups in total. The zero-order valence-corrected chi connectivity index (χ0v) is 9.89. The van der Waals surface area contributed by atoms with Gasteiger partial charge in [-0.1, -0.05) is 6.92 Å². The van der Waals surface area contributed by atoms with Crippen LogP contribution in [0, 0.1) is 5.41 Å². The average molecular weight is 215 g/mol. The highest BCUT2D eigenvalue weighted by Gasteiger charge is 2.30. The highest BCUT2D eigenvalue weighted by atomic mass is 16.2. The maximum absolute atomic E-state index is 11.6. The number of hydrogen-bond acceptors (Lipinski definition) is 3. The van der Waals surface area contributed by atoms with Gasteiger partial charge in [0.25, 0.3) is 0 Å². The fraction of sp³-hybridized carbons (Fsp3) is 0.800. The predicted octanol–water partition coefficient (Wildman–Crippen LogP) is -0.258. The van der Waals surface area contributed by atoms with Crippen LogP contribution < -0.4 is 16.8 Å². The number of rotatable bonds is 5. The maximum atomic E-state index is 11.6. The lowest BCUT2D eigenvalue weighted by molar-refractivity contribution is -0.128. The molecule has 1 atom stereocenters. The van der Waals surface area contributed by atoms with Crippen LogP contribution in [0.1, 0.15) is 34.1 Å². The quantitative estimate of drug-likeness (QED) is 0.589. The molecule has 5 heteroatoms. The molecule has 0 bridgehead atoms. The SMILES string of the molecule is CCC(C)(N)C(=O)NCC(C)(C)C(N)=O. The Morgan fingerprint density at radius 3 is 2.07 bits per heavy atom. The Morgan fingerprint density at radius 1 is 1.27 bits per heavy atom. The summed E-state index contributed by atoms with van der Waals surface area (Å²) >= 11 is 0. The molecule has 15 heavy (non-hydrogen) atoms. The molecule has 0 spiro atoms. The second kappa shape index (κ2) is 4.61. The number of hydrogen-bond donors (Lipinski definition) is 3. The molecule has 0 aliphatic heterocycles. The summed E-state index contributed by atoms with van der Waals surface area (Å²) < 4.78 is 0. The summed E-state index contributed by atoms with van der Waals surface area (Å²) in [7, 11) is 0. The molecule has 0 saturated heterocycles. The third kappa shape index (κ3) is 3.87. The van der Waals surface area contributed by atoms with E-state index in [2.05, 4.69) is 5.32 Å². The van der Waals surface area contributed by atoms with Gasteiger partial charge in [0.05, 0.1) is 11.0 Å². The summed E-state index contributed by atoms with van der Waals surface area (Å²) in [4.78, 5) is 22.6. The number of amides is 2. The zero-order chi connectivity index (χ0) is 12.3. The van der Waals surface area contributed by atoms with E-state index >= 15 is 0 Å². The van der Waals surface area contributed by atoms with Crippen LogP contribution >= 0.6 is 0 Å². The number of nitrogens with one attached hydrogen (secondary N) is 1. The summed E-state index contributed by atoms with van der Waals surface area (Å²) in [5, 5.41) is 2.63. The summed E-state index contributed by atoms with van der Waals surface area (Å²) in [5.41, 5.74) is 9.27. The van der Waals surface area contributed by atoms with Crippen LogP contribution in [0.25, 0.3) is 0 Å². The monoisotopic (exact) mass is 215 g/mol. The van der Waals surface area contributed by atoms with E-state index in [1.807, 2.05) is 6.92 Å². The van der Waals surface area contributed by atoms with Crippen LogP contribution in [-0.2, 0) is 9.59 Å². The van der Waals surface area contributed by atoms with Crippen molar-refractivity contribution in [3.63, 3.8) is 0 Å². The average Bonchev–Trinajstić information content (AvgIpc) is 2.13. The van der Waals surface area contributed by atoms with E-state index in [9.17, 15) is 9.59 Å². The molecule has 0 aromatic heterocycles. The molecule has 0 fully saturated rings. The van der Waals surface area contributed by atoms with Crippen LogP contribution in [0.3, 0.4) is 0 Å². The molecule has 0 aromatic carbocycles. The normalized spacial score (nSPS) is 15.5. The smallest absolute Gasteiger partial charge is 0.239 e. The number of carbonyl (C=O) groups is 2. The van der Waals surface area contributed by atoms with Crippen molar-refractivity contribution in [1.82, 2.24) is 5.32 Å². The third-order valence-corrected chi connectivity index (χ3v) is 2.61. The number of carbonyl (C=O) groups excluding carboxylic acids is 2. The molecular formula is C10H21N3O2. The van der Waals surface area contributed by atoms with Gasteiger partial charge < -0.3 is 16.8 Å². The summed E-state index contributed by atoms with van der Waals surface area (Å²) in [5.74, 6) is -0.711. The lowest BCUT2D eigenvalue weighted by atomic mass is 9.91. The molecule has 5 nitrogen and oxygen atoms in total. The molecule has 88 valence electrons. The van der Waals surface area contributed by atoms with Gasteiger partial charge in [0.1, 0.15) is 0 Å². The highest BCUT2D eigenvalue weighted by Crippen LogP contribution is 2.13. The summed E-state index contributed by atoms with van der Waals surface area (Å²) in [6.07, 6.45) is 0.538. The van der Waals surface area contributed by atoms with Crippen molar-refractivity contribution < 1.29 is 9.59 Å². The van der Waals surface area contributed by atoms with Crippen molar-refractivity contribution in [2.24, 2.45) is 16.9 Å². The Hall–Kier alpha value is -1.10. The van der Waals surface area contributed by atoms with E-state index < -0.39 is 16.9 Å². The van der Waals surface area contributed by atoms with E-state index in [1.165, 1.54) is 0 Å². The topological polar surface area (TPSA) is 98.2 Å². The molecule has 0 heterocycles. The Kier molecular flexibility index (Phi) is 4.27. The predicted molar refractivity (Wildman–Crippen MR) is 58.9 cm³/mol. The van der Waals surface area contributed by atoms with Crippen molar-refractivity contribution in [1.29, 1.82) is 0 Å². The van der Waals surface area contributed by atoms with Gasteiger partial charge in [0, 0.05) is 6.54 Å². The van der Waals surface area contributed by atoms with Crippen molar-refractivity contribution in [3.8, 4) is 0 Å². The lowest BCUT2D eigenvalue weighted by Crippen LogP contribution is -2.54. The van der Waals surface area contributed by atoms with Gasteiger partial charge in [-0.15, -0.1) is 0 Å². The van der Waals surface area contributed by atoms with Gasteiger partial charge in [-0.3, -0.25) is 9.59 Å². The maximum Gasteiger partial charge on any atom is 0.239 e. The Bertz CT molecular complexity index is 259. The minimum Gasteiger partial charge on any atom is -0.369 e. The van der Waals surface area contributed by atoms with E-state index in [-0.39, 0.29) is 12.5 Å². The summed E-state index contributed by atoms with van der Waals surface area (Å²) in [6.45, 7) is 7.04. The molecule has 0 aromatic rings. The molecule has 2 amide bonds. The first kappa shape index (κ1) is 13.9. The van der Waals surface area contributed by atoms with Gasteiger partial charge in [-0.25, -0.2) is 0 Å². The van der Waals surface area contributed by atoms with Gasteiger partial charge in [-0.05, 0) is 27.2 Å². The Morgan fingerprint density at radius 2 is 1.73 bits per heavy atom. The molecule has 1 unspecified atom stereocenters. The van der Waals surface area contributed by atoms with Gasteiger partial charge >= 0.3 is 0 Å². The molecule has 0 saturated carbocycles. The van der Waals surface area contributed by atoms with E-state index in [0.29, 0.717) is 6.42 Å². The largest absolute Gasteiger partial charge is 0.369 e. The standard InChI is InChI=1S/C10H21N3O2/c1-5-10(4,12)8(15)13-6-9(2,3)7(11)14/h5-6,12H2,1-4H3,(H2,11,14)(H,13,15). The van der Waals surface area contributed by atoms with Crippen LogP contribution in [0.15, 0.2) is 0 Å². The first-order valence-electron chi connectivity index (χ1n) is 5.00. The first-order chi connectivity index (χ1) is 6.63. The molecule has 0 rings (SSSR count). The molecule has 0 aliphatic carbocycles. The van der Waals surface area contributed by atoms with Crippen LogP contribution in [-0.4, -0.2) is 23.9 Å². The van der Waals surface area contributed by atoms with Crippen molar-refractivity contribution >= 4 is 11.8 Å². The van der Waals surface area contributed by atoms with Crippen LogP contribution in [0.5, 0.6) is 0 Å². The Labute approximate surface area is 90.6 Å². The number of primary amides is 1. The zero-order valence-electron chi connectivity index (χ0n) is 9.89. The molecule has 0 radical (unpaired) electrons. The highest BCUT2D eigenvalue weighted by molar-refractivity contribution is 5.86. The second-order valence-electron chi connectivity index (χ2n) is 4.70. The first-order valence-corrected chi connectivity index (χ1v) is 5.00. The molecule has 0 aliphatic rings. The minimum atomic E-state index is -0.895. The molecular weight excluding hydrogens is 194 g/mol. The van der Waals surface area contributed by atoms with Gasteiger partial charge in [-0.2, -0.15) is 0 Å². The fourth-order valence-electron chi connectivity index (χ4n) is 0.751. The van der Waals surface area contributed by atoms with E-state index in [1.54, 1.807) is 20.8 Å². The van der Waals surface area contributed by atoms with Crippen LogP contribution in [0.4, 0.5) is 0 Å². The van der Waals surface area contributed by atoms with Crippen molar-refractivity contribution in [2.75, 3.05) is 6.54 Å². The number of nitrogens with two attached hydrogens (primary N) is 2. The van der Waals surface area contributed by atoms with E-state index in [0.717, 1.165) is 0 Å². The van der Waals surface area contributed by atoms with E-state index in [4.69, 9.17) is 11.5 Å². The fourth-order valence-corrected chi connectivity index (χ4v) is 0.751. The van der Waals surface area contributed by atoms with Gasteiger partial charge in [0.2, 0.25) is 11.8 Å². The second-order valence-corrected chi connectivity index (χ2v) is 4.70. The minimum absolute atomic E-state index is 0.202. The van der Waals surface area contributed by atoms with Crippen molar-refractivity contribution in [3.05, 3.63) is 0 Å². The van der Waals surface area contributed by atoms with Gasteiger partial charge in [0.15, 0.2) is 0 Å². The Balaban J connectivity index is 4.30. The third-order valence-electron chi connectivity index (χ3n) is 2.61. The van der Waals surface area contributed by atoms with Crippen LogP contribution in [0.2, 0.25) is 0 Å². The summed E-state index contributed by atoms with van der Waals surface area (Å²) in [6, 6.07) is 0.